The highest BCUT2D eigenvalue weighted by Gasteiger charge is 2.10. The number of hydrogen-bond acceptors (Lipinski definition) is 3. The van der Waals surface area contributed by atoms with Gasteiger partial charge in [-0.2, -0.15) is 0 Å². The average molecular weight is 354 g/mol. The number of ether oxygens (including phenoxy) is 1. The molecule has 1 atom stereocenters. The topological polar surface area (TPSA) is 99.0 Å². The number of aromatic nitrogens is 2. The number of hydrogen-bond donors (Lipinski definition) is 4. The summed E-state index contributed by atoms with van der Waals surface area (Å²) in [7, 11) is 0. The number of carbonyl (C=O) groups is 1. The Balaban J connectivity index is 1.46. The van der Waals surface area contributed by atoms with Crippen LogP contribution in [-0.4, -0.2) is 29.2 Å². The second kappa shape index (κ2) is 7.77. The molecule has 0 aliphatic heterocycles. The Hall–Kier alpha value is -3.22. The number of imidazole rings is 1. The Morgan fingerprint density at radius 2 is 1.96 bits per heavy atom. The molecule has 0 bridgehead atoms. The van der Waals surface area contributed by atoms with Crippen LogP contribution in [-0.2, 0) is 0 Å². The minimum Gasteiger partial charge on any atom is -0.492 e. The number of carbonyl (C=O) groups excluding carboxylic acids is 1. The summed E-state index contributed by atoms with van der Waals surface area (Å²) in [5, 5.41) is 5.64. The van der Waals surface area contributed by atoms with Crippen molar-refractivity contribution in [1.82, 2.24) is 20.6 Å². The number of nitrogens with one attached hydrogen (secondary N) is 4. The first-order chi connectivity index (χ1) is 12.5. The van der Waals surface area contributed by atoms with Crippen LogP contribution in [0.3, 0.4) is 0 Å². The third kappa shape index (κ3) is 4.44. The van der Waals surface area contributed by atoms with Crippen LogP contribution in [0.25, 0.3) is 11.0 Å². The monoisotopic (exact) mass is 354 g/mol. The first-order valence-electron chi connectivity index (χ1n) is 8.47. The number of amides is 2. The first-order valence-corrected chi connectivity index (χ1v) is 8.47. The van der Waals surface area contributed by atoms with Crippen molar-refractivity contribution in [3.8, 4) is 5.75 Å². The molecule has 1 unspecified atom stereocenters. The summed E-state index contributed by atoms with van der Waals surface area (Å²) in [6.07, 6.45) is 0. The highest BCUT2D eigenvalue weighted by Crippen LogP contribution is 2.17. The van der Waals surface area contributed by atoms with E-state index in [9.17, 15) is 9.59 Å². The Labute approximate surface area is 150 Å². The molecule has 4 N–H and O–H groups in total. The van der Waals surface area contributed by atoms with Crippen molar-refractivity contribution in [3.63, 3.8) is 0 Å². The fraction of sp³-hybridized carbons (Fsp3) is 0.263. The van der Waals surface area contributed by atoms with Crippen LogP contribution in [0.15, 0.2) is 47.3 Å². The first kappa shape index (κ1) is 17.6. The number of aryl methyl sites for hydroxylation is 1. The maximum Gasteiger partial charge on any atom is 0.323 e. The lowest BCUT2D eigenvalue weighted by molar-refractivity contribution is 0.233. The van der Waals surface area contributed by atoms with Crippen LogP contribution in [0.5, 0.6) is 5.75 Å². The summed E-state index contributed by atoms with van der Waals surface area (Å²) in [4.78, 5) is 28.7. The van der Waals surface area contributed by atoms with E-state index in [1.54, 1.807) is 0 Å². The van der Waals surface area contributed by atoms with Gasteiger partial charge in [-0.25, -0.2) is 9.59 Å². The second-order valence-corrected chi connectivity index (χ2v) is 6.17. The summed E-state index contributed by atoms with van der Waals surface area (Å²) in [5.74, 6) is 0.786. The van der Waals surface area contributed by atoms with E-state index in [0.717, 1.165) is 22.4 Å². The largest absolute Gasteiger partial charge is 0.492 e. The molecule has 0 aliphatic carbocycles. The molecule has 1 heterocycles. The minimum atomic E-state index is -0.270. The van der Waals surface area contributed by atoms with Crippen molar-refractivity contribution >= 4 is 17.1 Å². The Bertz CT molecular complexity index is 961. The number of fused-ring (bicyclic) bond motifs is 1. The van der Waals surface area contributed by atoms with Crippen LogP contribution >= 0.6 is 0 Å². The lowest BCUT2D eigenvalue weighted by Gasteiger charge is -2.15. The van der Waals surface area contributed by atoms with Gasteiger partial charge in [0.05, 0.1) is 23.6 Å². The summed E-state index contributed by atoms with van der Waals surface area (Å²) in [6.45, 7) is 4.67. The zero-order valence-corrected chi connectivity index (χ0v) is 14.8. The van der Waals surface area contributed by atoms with Crippen molar-refractivity contribution in [2.24, 2.45) is 0 Å². The van der Waals surface area contributed by atoms with Gasteiger partial charge in [0.1, 0.15) is 12.4 Å². The summed E-state index contributed by atoms with van der Waals surface area (Å²) in [6, 6.07) is 12.8. The molecule has 3 aromatic rings. The molecule has 0 saturated carbocycles. The maximum atomic E-state index is 12.0. The van der Waals surface area contributed by atoms with E-state index in [1.807, 2.05) is 56.3 Å². The van der Waals surface area contributed by atoms with E-state index in [1.165, 1.54) is 0 Å². The van der Waals surface area contributed by atoms with E-state index in [0.29, 0.717) is 18.7 Å². The van der Waals surface area contributed by atoms with Gasteiger partial charge in [-0.1, -0.05) is 18.2 Å². The van der Waals surface area contributed by atoms with Crippen molar-refractivity contribution < 1.29 is 9.53 Å². The molecule has 3 rings (SSSR count). The van der Waals surface area contributed by atoms with Crippen LogP contribution < -0.4 is 21.1 Å². The van der Waals surface area contributed by atoms with E-state index in [2.05, 4.69) is 20.6 Å². The SMILES string of the molecule is Cc1cccc(OCCNC(=O)NC(C)c2ccc3[nH]c(=O)[nH]c3c2)c1. The molecule has 0 radical (unpaired) electrons. The number of urea groups is 1. The van der Waals surface area contributed by atoms with E-state index < -0.39 is 0 Å². The highest BCUT2D eigenvalue weighted by atomic mass is 16.5. The van der Waals surface area contributed by atoms with E-state index in [4.69, 9.17) is 4.74 Å². The van der Waals surface area contributed by atoms with Gasteiger partial charge in [-0.3, -0.25) is 0 Å². The van der Waals surface area contributed by atoms with Crippen molar-refractivity contribution in [2.75, 3.05) is 13.2 Å². The summed E-state index contributed by atoms with van der Waals surface area (Å²) < 4.78 is 5.60. The maximum absolute atomic E-state index is 12.0. The molecule has 7 nitrogen and oxygen atoms in total. The smallest absolute Gasteiger partial charge is 0.323 e. The molecule has 0 aliphatic rings. The van der Waals surface area contributed by atoms with Crippen molar-refractivity contribution in [3.05, 3.63) is 64.1 Å². The van der Waals surface area contributed by atoms with Gasteiger partial charge in [0, 0.05) is 0 Å². The molecular formula is C19H22N4O3. The Kier molecular flexibility index (Phi) is 5.26. The van der Waals surface area contributed by atoms with Gasteiger partial charge in [-0.05, 0) is 49.2 Å². The summed E-state index contributed by atoms with van der Waals surface area (Å²) >= 11 is 0. The Morgan fingerprint density at radius 1 is 1.15 bits per heavy atom. The second-order valence-electron chi connectivity index (χ2n) is 6.17. The highest BCUT2D eigenvalue weighted by molar-refractivity contribution is 5.77. The molecule has 1 aromatic heterocycles. The summed E-state index contributed by atoms with van der Waals surface area (Å²) in [5.41, 5.74) is 3.24. The third-order valence-corrected chi connectivity index (χ3v) is 4.03. The number of aromatic amines is 2. The molecule has 2 aromatic carbocycles. The normalized spacial score (nSPS) is 11.9. The predicted molar refractivity (Wildman–Crippen MR) is 101 cm³/mol. The average Bonchev–Trinajstić information content (AvgIpc) is 2.98. The molecule has 2 amide bonds. The lowest BCUT2D eigenvalue weighted by Crippen LogP contribution is -2.38. The van der Waals surface area contributed by atoms with Gasteiger partial charge in [0.25, 0.3) is 0 Å². The molecular weight excluding hydrogens is 332 g/mol. The molecule has 7 heteroatoms. The van der Waals surface area contributed by atoms with Gasteiger partial charge < -0.3 is 25.3 Å². The van der Waals surface area contributed by atoms with E-state index in [-0.39, 0.29) is 17.8 Å². The zero-order valence-electron chi connectivity index (χ0n) is 14.8. The quantitative estimate of drug-likeness (QED) is 0.512. The van der Waals surface area contributed by atoms with Crippen molar-refractivity contribution in [1.29, 1.82) is 0 Å². The number of H-pyrrole nitrogens is 2. The van der Waals surface area contributed by atoms with Gasteiger partial charge in [0.15, 0.2) is 0 Å². The Morgan fingerprint density at radius 3 is 2.77 bits per heavy atom. The fourth-order valence-corrected chi connectivity index (χ4v) is 2.69. The van der Waals surface area contributed by atoms with Crippen molar-refractivity contribution in [2.45, 2.75) is 19.9 Å². The molecule has 136 valence electrons. The fourth-order valence-electron chi connectivity index (χ4n) is 2.69. The van der Waals surface area contributed by atoms with Crippen LogP contribution in [0, 0.1) is 6.92 Å². The van der Waals surface area contributed by atoms with Crippen LogP contribution in [0.1, 0.15) is 24.1 Å². The standard InChI is InChI=1S/C19H22N4O3/c1-12-4-3-5-15(10-12)26-9-8-20-18(24)21-13(2)14-6-7-16-17(11-14)23-19(25)22-16/h3-7,10-11,13H,8-9H2,1-2H3,(H2,20,21,24)(H2,22,23,25). The lowest BCUT2D eigenvalue weighted by atomic mass is 10.1. The third-order valence-electron chi connectivity index (χ3n) is 4.03. The zero-order chi connectivity index (χ0) is 18.5. The molecule has 0 fully saturated rings. The van der Waals surface area contributed by atoms with E-state index >= 15 is 0 Å². The van der Waals surface area contributed by atoms with Gasteiger partial charge in [-0.15, -0.1) is 0 Å². The molecule has 0 saturated heterocycles. The molecule has 26 heavy (non-hydrogen) atoms. The van der Waals surface area contributed by atoms with Gasteiger partial charge >= 0.3 is 11.7 Å². The number of rotatable bonds is 6. The van der Waals surface area contributed by atoms with Gasteiger partial charge in [0.2, 0.25) is 0 Å². The number of benzene rings is 2. The van der Waals surface area contributed by atoms with Crippen LogP contribution in [0.2, 0.25) is 0 Å². The van der Waals surface area contributed by atoms with Crippen LogP contribution in [0.4, 0.5) is 4.79 Å². The minimum absolute atomic E-state index is 0.199. The predicted octanol–water partition coefficient (Wildman–Crippen LogP) is 2.60. The molecule has 0 spiro atoms.